The van der Waals surface area contributed by atoms with E-state index in [4.69, 9.17) is 0 Å². The van der Waals surface area contributed by atoms with Gasteiger partial charge in [-0.1, -0.05) is 17.2 Å². The van der Waals surface area contributed by atoms with Gasteiger partial charge in [0.15, 0.2) is 5.78 Å². The van der Waals surface area contributed by atoms with Gasteiger partial charge in [-0.05, 0) is 51.7 Å². The molecule has 2 heteroatoms. The molecule has 2 aliphatic rings. The van der Waals surface area contributed by atoms with E-state index in [1.807, 2.05) is 0 Å². The highest BCUT2D eigenvalue weighted by Crippen LogP contribution is 2.46. The summed E-state index contributed by atoms with van der Waals surface area (Å²) in [6, 6.07) is 6.25. The maximum Gasteiger partial charge on any atom is 0.166 e. The Balaban J connectivity index is 1.81. The van der Waals surface area contributed by atoms with Gasteiger partial charge in [-0.3, -0.25) is 4.79 Å². The molecule has 2 bridgehead atoms. The zero-order valence-corrected chi connectivity index (χ0v) is 11.9. The van der Waals surface area contributed by atoms with E-state index >= 15 is 0 Å². The summed E-state index contributed by atoms with van der Waals surface area (Å²) < 4.78 is 0. The summed E-state index contributed by atoms with van der Waals surface area (Å²) in [6.07, 6.45) is 4.86. The molecule has 0 aliphatic carbocycles. The van der Waals surface area contributed by atoms with Gasteiger partial charge < -0.3 is 0 Å². The number of fused-ring (bicyclic) bond motifs is 2. The minimum absolute atomic E-state index is 0.282. The molecule has 3 rings (SSSR count). The number of Topliss-reactive ketones (excluding diaryl/α,β-unsaturated/α-hetero) is 1. The maximum absolute atomic E-state index is 12.6. The van der Waals surface area contributed by atoms with Gasteiger partial charge in [0.05, 0.1) is 0 Å². The Morgan fingerprint density at radius 2 is 1.61 bits per heavy atom. The van der Waals surface area contributed by atoms with Crippen molar-refractivity contribution in [3.8, 4) is 0 Å². The lowest BCUT2D eigenvalue weighted by Crippen LogP contribution is -2.24. The Morgan fingerprint density at radius 1 is 1.06 bits per heavy atom. The second kappa shape index (κ2) is 4.73. The fourth-order valence-corrected chi connectivity index (χ4v) is 5.20. The van der Waals surface area contributed by atoms with Crippen LogP contribution >= 0.6 is 11.8 Å². The van der Waals surface area contributed by atoms with Gasteiger partial charge >= 0.3 is 0 Å². The highest BCUT2D eigenvalue weighted by molar-refractivity contribution is 8.00. The van der Waals surface area contributed by atoms with E-state index in [1.54, 1.807) is 0 Å². The van der Waals surface area contributed by atoms with Crippen LogP contribution in [0.15, 0.2) is 18.2 Å². The first kappa shape index (κ1) is 12.3. The predicted octanol–water partition coefficient (Wildman–Crippen LogP) is 4.16. The highest BCUT2D eigenvalue weighted by Gasteiger charge is 2.37. The molecule has 0 aromatic heterocycles. The summed E-state index contributed by atoms with van der Waals surface area (Å²) in [6.45, 7) is 4.15. The summed E-state index contributed by atoms with van der Waals surface area (Å²) in [5, 5.41) is 1.51. The minimum atomic E-state index is 0.282. The van der Waals surface area contributed by atoms with Crippen LogP contribution in [0.2, 0.25) is 0 Å². The number of aryl methyl sites for hydroxylation is 2. The molecular formula is C16H20OS. The van der Waals surface area contributed by atoms with Crippen LogP contribution in [0, 0.1) is 19.8 Å². The van der Waals surface area contributed by atoms with E-state index in [-0.39, 0.29) is 5.92 Å². The highest BCUT2D eigenvalue weighted by atomic mass is 32.2. The first-order valence-electron chi connectivity index (χ1n) is 6.90. The third-order valence-corrected chi connectivity index (χ3v) is 5.79. The molecule has 18 heavy (non-hydrogen) atoms. The van der Waals surface area contributed by atoms with Crippen molar-refractivity contribution in [3.63, 3.8) is 0 Å². The van der Waals surface area contributed by atoms with Crippen LogP contribution < -0.4 is 0 Å². The largest absolute Gasteiger partial charge is 0.294 e. The third kappa shape index (κ3) is 2.35. The van der Waals surface area contributed by atoms with E-state index in [0.29, 0.717) is 5.78 Å². The second-order valence-electron chi connectivity index (χ2n) is 5.87. The first-order valence-corrected chi connectivity index (χ1v) is 7.84. The first-order chi connectivity index (χ1) is 8.61. The smallest absolute Gasteiger partial charge is 0.166 e. The summed E-state index contributed by atoms with van der Waals surface area (Å²) in [5.74, 6) is 0.670. The lowest BCUT2D eigenvalue weighted by molar-refractivity contribution is 0.0906. The van der Waals surface area contributed by atoms with Crippen molar-refractivity contribution in [2.24, 2.45) is 5.92 Å². The Hall–Kier alpha value is -0.760. The number of thioether (sulfide) groups is 1. The third-order valence-electron chi connectivity index (χ3n) is 4.17. The van der Waals surface area contributed by atoms with Gasteiger partial charge in [-0.15, -0.1) is 0 Å². The summed E-state index contributed by atoms with van der Waals surface area (Å²) >= 11 is 2.12. The minimum Gasteiger partial charge on any atom is -0.294 e. The number of carbonyl (C=O) groups is 1. The standard InChI is InChI=1S/C16H20OS/c1-10-5-11(2)7-12(6-10)16(17)13-8-14-3-4-15(9-13)18-14/h5-7,13-15H,3-4,8-9H2,1-2H3. The monoisotopic (exact) mass is 260 g/mol. The molecule has 0 saturated carbocycles. The van der Waals surface area contributed by atoms with Gasteiger partial charge in [0.25, 0.3) is 0 Å². The van der Waals surface area contributed by atoms with Gasteiger partial charge in [-0.2, -0.15) is 11.8 Å². The number of rotatable bonds is 2. The molecule has 1 aromatic carbocycles. The topological polar surface area (TPSA) is 17.1 Å². The van der Waals surface area contributed by atoms with Crippen LogP contribution in [0.5, 0.6) is 0 Å². The van der Waals surface area contributed by atoms with Crippen molar-refractivity contribution in [2.45, 2.75) is 50.0 Å². The molecule has 0 amide bonds. The fraction of sp³-hybridized carbons (Fsp3) is 0.562. The van der Waals surface area contributed by atoms with Crippen LogP contribution in [-0.2, 0) is 0 Å². The maximum atomic E-state index is 12.6. The number of carbonyl (C=O) groups excluding carboxylic acids is 1. The fourth-order valence-electron chi connectivity index (χ4n) is 3.42. The van der Waals surface area contributed by atoms with E-state index in [0.717, 1.165) is 28.9 Å². The molecular weight excluding hydrogens is 240 g/mol. The van der Waals surface area contributed by atoms with Crippen LogP contribution in [0.4, 0.5) is 0 Å². The van der Waals surface area contributed by atoms with Crippen molar-refractivity contribution >= 4 is 17.5 Å². The van der Waals surface area contributed by atoms with E-state index in [1.165, 1.54) is 24.0 Å². The van der Waals surface area contributed by atoms with Gasteiger partial charge in [0, 0.05) is 22.0 Å². The van der Waals surface area contributed by atoms with Gasteiger partial charge in [-0.25, -0.2) is 0 Å². The van der Waals surface area contributed by atoms with Crippen molar-refractivity contribution in [1.29, 1.82) is 0 Å². The number of hydrogen-bond donors (Lipinski definition) is 0. The van der Waals surface area contributed by atoms with Gasteiger partial charge in [0.1, 0.15) is 0 Å². The molecule has 1 nitrogen and oxygen atoms in total. The summed E-state index contributed by atoms with van der Waals surface area (Å²) in [4.78, 5) is 12.6. The quantitative estimate of drug-likeness (QED) is 0.743. The zero-order chi connectivity index (χ0) is 12.7. The lowest BCUT2D eigenvalue weighted by Gasteiger charge is -2.26. The molecule has 2 atom stereocenters. The molecule has 0 radical (unpaired) electrons. The molecule has 2 fully saturated rings. The SMILES string of the molecule is Cc1cc(C)cc(C(=O)C2CC3CCC(C2)S3)c1. The summed E-state index contributed by atoms with van der Waals surface area (Å²) in [7, 11) is 0. The number of hydrogen-bond acceptors (Lipinski definition) is 2. The number of ketones is 1. The molecule has 2 saturated heterocycles. The Bertz CT molecular complexity index is 448. The molecule has 2 aliphatic heterocycles. The van der Waals surface area contributed by atoms with Crippen molar-refractivity contribution < 1.29 is 4.79 Å². The molecule has 2 heterocycles. The van der Waals surface area contributed by atoms with E-state index in [2.05, 4.69) is 43.8 Å². The zero-order valence-electron chi connectivity index (χ0n) is 11.1. The summed E-state index contributed by atoms with van der Waals surface area (Å²) in [5.41, 5.74) is 3.34. The van der Waals surface area contributed by atoms with Gasteiger partial charge in [0.2, 0.25) is 0 Å². The van der Waals surface area contributed by atoms with E-state index < -0.39 is 0 Å². The Morgan fingerprint density at radius 3 is 2.17 bits per heavy atom. The Labute approximate surface area is 113 Å². The molecule has 2 unspecified atom stereocenters. The molecule has 96 valence electrons. The predicted molar refractivity (Wildman–Crippen MR) is 77.4 cm³/mol. The van der Waals surface area contributed by atoms with E-state index in [9.17, 15) is 4.79 Å². The molecule has 0 spiro atoms. The second-order valence-corrected chi connectivity index (χ2v) is 7.47. The number of benzene rings is 1. The van der Waals surface area contributed by atoms with Crippen molar-refractivity contribution in [3.05, 3.63) is 34.9 Å². The van der Waals surface area contributed by atoms with Crippen molar-refractivity contribution in [2.75, 3.05) is 0 Å². The molecule has 1 aromatic rings. The average Bonchev–Trinajstić information content (AvgIpc) is 2.66. The molecule has 0 N–H and O–H groups in total. The average molecular weight is 260 g/mol. The Kier molecular flexibility index (Phi) is 3.23. The van der Waals surface area contributed by atoms with Crippen LogP contribution in [0.1, 0.15) is 47.2 Å². The van der Waals surface area contributed by atoms with Crippen LogP contribution in [-0.4, -0.2) is 16.3 Å². The normalized spacial score (nSPS) is 30.4. The lowest BCUT2D eigenvalue weighted by atomic mass is 9.89. The van der Waals surface area contributed by atoms with Crippen LogP contribution in [0.3, 0.4) is 0 Å². The van der Waals surface area contributed by atoms with Crippen molar-refractivity contribution in [1.82, 2.24) is 0 Å². The van der Waals surface area contributed by atoms with Crippen LogP contribution in [0.25, 0.3) is 0 Å².